The maximum absolute atomic E-state index is 4.26. The molecule has 0 aliphatic rings. The van der Waals surface area contributed by atoms with E-state index in [0.717, 1.165) is 28.8 Å². The van der Waals surface area contributed by atoms with Crippen LogP contribution in [0.4, 0.5) is 0 Å². The Kier molecular flexibility index (Phi) is 2.93. The highest BCUT2D eigenvalue weighted by Crippen LogP contribution is 2.12. The van der Waals surface area contributed by atoms with E-state index in [4.69, 9.17) is 0 Å². The molecule has 0 aliphatic carbocycles. The molecule has 0 spiro atoms. The fourth-order valence-corrected chi connectivity index (χ4v) is 1.69. The minimum Gasteiger partial charge on any atom is -0.348 e. The Labute approximate surface area is 90.7 Å². The Morgan fingerprint density at radius 3 is 2.79 bits per heavy atom. The van der Waals surface area contributed by atoms with E-state index in [9.17, 15) is 0 Å². The van der Waals surface area contributed by atoms with Crippen molar-refractivity contribution in [3.05, 3.63) is 46.7 Å². The highest BCUT2D eigenvalue weighted by molar-refractivity contribution is 9.10. The summed E-state index contributed by atoms with van der Waals surface area (Å²) in [6, 6.07) is 5.96. The van der Waals surface area contributed by atoms with Gasteiger partial charge in [-0.3, -0.25) is 4.98 Å². The third-order valence-electron chi connectivity index (χ3n) is 2.02. The van der Waals surface area contributed by atoms with Crippen LogP contribution in [0.25, 0.3) is 0 Å². The molecule has 72 valence electrons. The molecule has 0 atom stereocenters. The van der Waals surface area contributed by atoms with Gasteiger partial charge in [0, 0.05) is 17.6 Å². The van der Waals surface area contributed by atoms with Crippen molar-refractivity contribution >= 4 is 15.9 Å². The zero-order valence-corrected chi connectivity index (χ0v) is 9.16. The highest BCUT2D eigenvalue weighted by Gasteiger charge is 2.02. The van der Waals surface area contributed by atoms with Crippen molar-refractivity contribution in [2.75, 3.05) is 0 Å². The molecule has 2 aromatic heterocycles. The molecule has 0 saturated carbocycles. The van der Waals surface area contributed by atoms with Gasteiger partial charge >= 0.3 is 0 Å². The van der Waals surface area contributed by atoms with Crippen LogP contribution in [0.3, 0.4) is 0 Å². The van der Waals surface area contributed by atoms with Gasteiger partial charge in [-0.25, -0.2) is 4.98 Å². The third kappa shape index (κ3) is 2.20. The van der Waals surface area contributed by atoms with E-state index in [0.29, 0.717) is 0 Å². The van der Waals surface area contributed by atoms with E-state index >= 15 is 0 Å². The molecular weight excluding hydrogens is 242 g/mol. The second kappa shape index (κ2) is 4.37. The summed E-state index contributed by atoms with van der Waals surface area (Å²) >= 11 is 3.38. The maximum Gasteiger partial charge on any atom is 0.127 e. The molecule has 14 heavy (non-hydrogen) atoms. The zero-order valence-electron chi connectivity index (χ0n) is 7.57. The number of aromatic amines is 1. The Bertz CT molecular complexity index is 397. The number of rotatable bonds is 3. The van der Waals surface area contributed by atoms with E-state index in [1.807, 2.05) is 24.4 Å². The number of nitrogens with one attached hydrogen (secondary N) is 1. The number of aryl methyl sites for hydroxylation is 2. The quantitative estimate of drug-likeness (QED) is 0.910. The average Bonchev–Trinajstić information content (AvgIpc) is 2.63. The average molecular weight is 252 g/mol. The summed E-state index contributed by atoms with van der Waals surface area (Å²) in [5.41, 5.74) is 2.23. The number of pyridine rings is 1. The molecule has 1 N–H and O–H groups in total. The molecule has 0 unspecified atom stereocenters. The molecule has 0 radical (unpaired) electrons. The second-order valence-electron chi connectivity index (χ2n) is 2.99. The number of H-pyrrole nitrogens is 1. The molecular formula is C10H10BrN3. The first-order chi connectivity index (χ1) is 6.86. The van der Waals surface area contributed by atoms with Crippen molar-refractivity contribution < 1.29 is 0 Å². The molecule has 0 aliphatic heterocycles. The van der Waals surface area contributed by atoms with Crippen LogP contribution in [0.2, 0.25) is 0 Å². The molecule has 3 nitrogen and oxygen atoms in total. The SMILES string of the molecule is Brc1nc[nH]c1CCc1ccccn1. The summed E-state index contributed by atoms with van der Waals surface area (Å²) in [7, 11) is 0. The fourth-order valence-electron chi connectivity index (χ4n) is 1.28. The maximum atomic E-state index is 4.26. The third-order valence-corrected chi connectivity index (χ3v) is 2.71. The van der Waals surface area contributed by atoms with Crippen LogP contribution in [-0.4, -0.2) is 15.0 Å². The van der Waals surface area contributed by atoms with Crippen molar-refractivity contribution in [1.82, 2.24) is 15.0 Å². The summed E-state index contributed by atoms with van der Waals surface area (Å²) < 4.78 is 0.897. The molecule has 4 heteroatoms. The Balaban J connectivity index is 1.99. The number of halogens is 1. The van der Waals surface area contributed by atoms with E-state index < -0.39 is 0 Å². The zero-order chi connectivity index (χ0) is 9.80. The Morgan fingerprint density at radius 1 is 1.21 bits per heavy atom. The molecule has 0 bridgehead atoms. The van der Waals surface area contributed by atoms with E-state index in [-0.39, 0.29) is 0 Å². The topological polar surface area (TPSA) is 41.6 Å². The molecule has 0 aromatic carbocycles. The molecule has 0 saturated heterocycles. The molecule has 0 amide bonds. The highest BCUT2D eigenvalue weighted by atomic mass is 79.9. The smallest absolute Gasteiger partial charge is 0.127 e. The van der Waals surface area contributed by atoms with Gasteiger partial charge in [0.15, 0.2) is 0 Å². The Morgan fingerprint density at radius 2 is 2.14 bits per heavy atom. The van der Waals surface area contributed by atoms with E-state index in [2.05, 4.69) is 30.9 Å². The minimum atomic E-state index is 0.897. The van der Waals surface area contributed by atoms with Crippen molar-refractivity contribution in [2.24, 2.45) is 0 Å². The summed E-state index contributed by atoms with van der Waals surface area (Å²) in [5.74, 6) is 0. The lowest BCUT2D eigenvalue weighted by molar-refractivity contribution is 0.884. The minimum absolute atomic E-state index is 0.897. The van der Waals surface area contributed by atoms with Crippen LogP contribution in [-0.2, 0) is 12.8 Å². The summed E-state index contributed by atoms with van der Waals surface area (Å²) in [4.78, 5) is 11.4. The first-order valence-electron chi connectivity index (χ1n) is 4.44. The van der Waals surface area contributed by atoms with Crippen molar-refractivity contribution in [2.45, 2.75) is 12.8 Å². The van der Waals surface area contributed by atoms with Gasteiger partial charge in [0.25, 0.3) is 0 Å². The van der Waals surface area contributed by atoms with Gasteiger partial charge in [-0.15, -0.1) is 0 Å². The van der Waals surface area contributed by atoms with Crippen LogP contribution in [0.15, 0.2) is 35.3 Å². The van der Waals surface area contributed by atoms with Crippen LogP contribution in [0.1, 0.15) is 11.4 Å². The van der Waals surface area contributed by atoms with Gasteiger partial charge in [-0.05, 0) is 40.9 Å². The molecule has 2 rings (SSSR count). The van der Waals surface area contributed by atoms with Crippen LogP contribution >= 0.6 is 15.9 Å². The molecule has 2 heterocycles. The predicted molar refractivity (Wildman–Crippen MR) is 57.9 cm³/mol. The first-order valence-corrected chi connectivity index (χ1v) is 5.23. The lowest BCUT2D eigenvalue weighted by Gasteiger charge is -1.98. The fraction of sp³-hybridized carbons (Fsp3) is 0.200. The normalized spacial score (nSPS) is 10.4. The summed E-state index contributed by atoms with van der Waals surface area (Å²) in [6.07, 6.45) is 5.37. The summed E-state index contributed by atoms with van der Waals surface area (Å²) in [5, 5.41) is 0. The van der Waals surface area contributed by atoms with Crippen LogP contribution < -0.4 is 0 Å². The van der Waals surface area contributed by atoms with E-state index in [1.165, 1.54) is 0 Å². The van der Waals surface area contributed by atoms with Crippen LogP contribution in [0, 0.1) is 0 Å². The first kappa shape index (κ1) is 9.40. The van der Waals surface area contributed by atoms with Gasteiger partial charge in [-0.2, -0.15) is 0 Å². The number of nitrogens with zero attached hydrogens (tertiary/aromatic N) is 2. The van der Waals surface area contributed by atoms with Gasteiger partial charge in [0.05, 0.1) is 6.33 Å². The predicted octanol–water partition coefficient (Wildman–Crippen LogP) is 2.35. The van der Waals surface area contributed by atoms with Gasteiger partial charge in [0.1, 0.15) is 4.60 Å². The van der Waals surface area contributed by atoms with Gasteiger partial charge < -0.3 is 4.98 Å². The number of aromatic nitrogens is 3. The lowest BCUT2D eigenvalue weighted by Crippen LogP contribution is -1.94. The molecule has 2 aromatic rings. The largest absolute Gasteiger partial charge is 0.348 e. The van der Waals surface area contributed by atoms with Crippen molar-refractivity contribution in [3.8, 4) is 0 Å². The summed E-state index contributed by atoms with van der Waals surface area (Å²) in [6.45, 7) is 0. The standard InChI is InChI=1S/C10H10BrN3/c11-10-9(13-7-14-10)5-4-8-3-1-2-6-12-8/h1-3,6-7H,4-5H2,(H,13,14). The Hall–Kier alpha value is -1.16. The number of hydrogen-bond donors (Lipinski definition) is 1. The van der Waals surface area contributed by atoms with Crippen molar-refractivity contribution in [1.29, 1.82) is 0 Å². The van der Waals surface area contributed by atoms with Crippen molar-refractivity contribution in [3.63, 3.8) is 0 Å². The van der Waals surface area contributed by atoms with Gasteiger partial charge in [-0.1, -0.05) is 6.07 Å². The van der Waals surface area contributed by atoms with Gasteiger partial charge in [0.2, 0.25) is 0 Å². The number of imidazole rings is 1. The lowest BCUT2D eigenvalue weighted by atomic mass is 10.2. The number of hydrogen-bond acceptors (Lipinski definition) is 2. The van der Waals surface area contributed by atoms with Crippen LogP contribution in [0.5, 0.6) is 0 Å². The van der Waals surface area contributed by atoms with E-state index in [1.54, 1.807) is 6.33 Å². The molecule has 0 fully saturated rings. The monoisotopic (exact) mass is 251 g/mol. The second-order valence-corrected chi connectivity index (χ2v) is 3.74.